The number of carboxylic acid groups (broad SMARTS) is 1. The molecule has 1 heterocycles. The van der Waals surface area contributed by atoms with Gasteiger partial charge in [-0.15, -0.1) is 0 Å². The molecule has 76 valence electrons. The van der Waals surface area contributed by atoms with Crippen LogP contribution >= 0.6 is 22.6 Å². The number of aromatic nitrogens is 1. The number of hydrogen-bond acceptors (Lipinski definition) is 3. The van der Waals surface area contributed by atoms with Crippen molar-refractivity contribution in [1.29, 1.82) is 0 Å². The number of alkyl halides is 2. The number of nitrogens with two attached hydrogens (primary N) is 1. The third-order valence-electron chi connectivity index (χ3n) is 1.44. The van der Waals surface area contributed by atoms with E-state index in [1.54, 1.807) is 22.6 Å². The minimum atomic E-state index is -2.81. The van der Waals surface area contributed by atoms with E-state index >= 15 is 0 Å². The van der Waals surface area contributed by atoms with Crippen LogP contribution in [-0.2, 0) is 0 Å². The number of pyridine rings is 1. The number of halogens is 3. The molecule has 0 aliphatic carbocycles. The van der Waals surface area contributed by atoms with Gasteiger partial charge in [-0.05, 0) is 28.7 Å². The molecule has 0 bridgehead atoms. The average Bonchev–Trinajstić information content (AvgIpc) is 2.02. The molecule has 7 heteroatoms. The fraction of sp³-hybridized carbons (Fsp3) is 0.143. The fourth-order valence-corrected chi connectivity index (χ4v) is 1.53. The van der Waals surface area contributed by atoms with E-state index in [1.807, 2.05) is 0 Å². The Hall–Kier alpha value is -0.990. The molecular weight excluding hydrogens is 309 g/mol. The number of nitrogens with zero attached hydrogens (tertiary/aromatic N) is 1. The first-order valence-electron chi connectivity index (χ1n) is 3.41. The summed E-state index contributed by atoms with van der Waals surface area (Å²) in [6, 6.07) is 1.17. The number of aromatic carboxylic acids is 1. The van der Waals surface area contributed by atoms with E-state index in [9.17, 15) is 13.6 Å². The Morgan fingerprint density at radius 2 is 2.21 bits per heavy atom. The normalized spacial score (nSPS) is 10.6. The van der Waals surface area contributed by atoms with Gasteiger partial charge in [0, 0.05) is 3.57 Å². The second-order valence-electron chi connectivity index (χ2n) is 2.40. The van der Waals surface area contributed by atoms with Gasteiger partial charge in [-0.2, -0.15) is 0 Å². The average molecular weight is 314 g/mol. The van der Waals surface area contributed by atoms with Crippen molar-refractivity contribution in [2.75, 3.05) is 5.73 Å². The number of carboxylic acids is 1. The lowest BCUT2D eigenvalue weighted by Crippen LogP contribution is -2.09. The first kappa shape index (κ1) is 11.1. The first-order valence-corrected chi connectivity index (χ1v) is 4.48. The highest BCUT2D eigenvalue weighted by Crippen LogP contribution is 2.25. The van der Waals surface area contributed by atoms with Gasteiger partial charge < -0.3 is 10.8 Å². The largest absolute Gasteiger partial charge is 0.476 e. The number of nitrogen functional groups attached to an aromatic ring is 1. The quantitative estimate of drug-likeness (QED) is 0.818. The topological polar surface area (TPSA) is 76.2 Å². The van der Waals surface area contributed by atoms with Gasteiger partial charge in [-0.1, -0.05) is 0 Å². The van der Waals surface area contributed by atoms with Crippen LogP contribution in [0.5, 0.6) is 0 Å². The standard InChI is InChI=1S/C7H5F2IN2O2/c8-6(9)4-2(10)1-3(11)5(12-4)7(13)14/h1,6H,11H2,(H,13,14). The minimum absolute atomic E-state index is 0.119. The van der Waals surface area contributed by atoms with Gasteiger partial charge in [0.1, 0.15) is 5.69 Å². The molecule has 0 fully saturated rings. The van der Waals surface area contributed by atoms with Gasteiger partial charge >= 0.3 is 5.97 Å². The van der Waals surface area contributed by atoms with Gasteiger partial charge in [0.25, 0.3) is 6.43 Å². The number of carbonyl (C=O) groups is 1. The third kappa shape index (κ3) is 2.08. The predicted octanol–water partition coefficient (Wildman–Crippen LogP) is 1.90. The minimum Gasteiger partial charge on any atom is -0.476 e. The Kier molecular flexibility index (Phi) is 3.19. The van der Waals surface area contributed by atoms with Gasteiger partial charge in [0.05, 0.1) is 5.69 Å². The first-order chi connectivity index (χ1) is 6.43. The SMILES string of the molecule is Nc1cc(I)c(C(F)F)nc1C(=O)O. The molecule has 0 saturated heterocycles. The van der Waals surface area contributed by atoms with E-state index in [0.717, 1.165) is 0 Å². The summed E-state index contributed by atoms with van der Waals surface area (Å²) in [6.07, 6.45) is -2.81. The van der Waals surface area contributed by atoms with Crippen LogP contribution in [0.15, 0.2) is 6.07 Å². The Labute approximate surface area is 91.3 Å². The van der Waals surface area contributed by atoms with Crippen molar-refractivity contribution in [3.8, 4) is 0 Å². The monoisotopic (exact) mass is 314 g/mol. The molecule has 0 unspecified atom stereocenters. The highest BCUT2D eigenvalue weighted by Gasteiger charge is 2.19. The van der Waals surface area contributed by atoms with Crippen molar-refractivity contribution in [2.24, 2.45) is 0 Å². The van der Waals surface area contributed by atoms with Crippen molar-refractivity contribution in [2.45, 2.75) is 6.43 Å². The van der Waals surface area contributed by atoms with Crippen molar-refractivity contribution in [3.05, 3.63) is 21.0 Å². The van der Waals surface area contributed by atoms with Crippen LogP contribution in [0.1, 0.15) is 22.6 Å². The molecule has 1 rings (SSSR count). The lowest BCUT2D eigenvalue weighted by Gasteiger charge is -2.06. The van der Waals surface area contributed by atoms with Gasteiger partial charge in [0.15, 0.2) is 5.69 Å². The van der Waals surface area contributed by atoms with Crippen LogP contribution in [0.2, 0.25) is 0 Å². The van der Waals surface area contributed by atoms with Crippen molar-refractivity contribution >= 4 is 34.2 Å². The highest BCUT2D eigenvalue weighted by atomic mass is 127. The molecule has 3 N–H and O–H groups in total. The second kappa shape index (κ2) is 4.03. The summed E-state index contributed by atoms with van der Waals surface area (Å²) in [6.45, 7) is 0. The Morgan fingerprint density at radius 1 is 1.64 bits per heavy atom. The summed E-state index contributed by atoms with van der Waals surface area (Å²) in [7, 11) is 0. The van der Waals surface area contributed by atoms with Crippen LogP contribution in [0.3, 0.4) is 0 Å². The molecule has 1 aromatic heterocycles. The zero-order valence-corrected chi connectivity index (χ0v) is 8.83. The smallest absolute Gasteiger partial charge is 0.356 e. The van der Waals surface area contributed by atoms with E-state index in [1.165, 1.54) is 6.07 Å². The summed E-state index contributed by atoms with van der Waals surface area (Å²) in [5, 5.41) is 8.57. The predicted molar refractivity (Wildman–Crippen MR) is 53.3 cm³/mol. The van der Waals surface area contributed by atoms with Crippen LogP contribution in [0.25, 0.3) is 0 Å². The highest BCUT2D eigenvalue weighted by molar-refractivity contribution is 14.1. The Balaban J connectivity index is 3.34. The molecule has 0 radical (unpaired) electrons. The van der Waals surface area contributed by atoms with E-state index in [4.69, 9.17) is 10.8 Å². The van der Waals surface area contributed by atoms with Crippen molar-refractivity contribution in [1.82, 2.24) is 4.98 Å². The second-order valence-corrected chi connectivity index (χ2v) is 3.56. The molecule has 0 amide bonds. The number of anilines is 1. The Morgan fingerprint density at radius 3 is 2.64 bits per heavy atom. The zero-order chi connectivity index (χ0) is 10.9. The van der Waals surface area contributed by atoms with Gasteiger partial charge in [-0.25, -0.2) is 18.6 Å². The molecule has 0 aromatic carbocycles. The molecular formula is C7H5F2IN2O2. The maximum absolute atomic E-state index is 12.3. The lowest BCUT2D eigenvalue weighted by atomic mass is 10.2. The lowest BCUT2D eigenvalue weighted by molar-refractivity contribution is 0.0690. The zero-order valence-electron chi connectivity index (χ0n) is 6.67. The van der Waals surface area contributed by atoms with Crippen LogP contribution < -0.4 is 5.73 Å². The molecule has 0 aliphatic rings. The van der Waals surface area contributed by atoms with E-state index in [-0.39, 0.29) is 9.26 Å². The molecule has 0 atom stereocenters. The molecule has 0 spiro atoms. The molecule has 14 heavy (non-hydrogen) atoms. The third-order valence-corrected chi connectivity index (χ3v) is 2.31. The number of hydrogen-bond donors (Lipinski definition) is 2. The molecule has 0 saturated carbocycles. The molecule has 1 aromatic rings. The Bertz CT molecular complexity index is 384. The summed E-state index contributed by atoms with van der Waals surface area (Å²) < 4.78 is 24.8. The van der Waals surface area contributed by atoms with Gasteiger partial charge in [-0.3, -0.25) is 0 Å². The summed E-state index contributed by atoms with van der Waals surface area (Å²) in [5.74, 6) is -1.42. The van der Waals surface area contributed by atoms with Gasteiger partial charge in [0.2, 0.25) is 0 Å². The maximum Gasteiger partial charge on any atom is 0.356 e. The number of rotatable bonds is 2. The van der Waals surface area contributed by atoms with E-state index < -0.39 is 23.8 Å². The van der Waals surface area contributed by atoms with Crippen molar-refractivity contribution < 1.29 is 18.7 Å². The summed E-state index contributed by atoms with van der Waals surface area (Å²) in [4.78, 5) is 13.8. The summed E-state index contributed by atoms with van der Waals surface area (Å²) >= 11 is 1.63. The van der Waals surface area contributed by atoms with Crippen LogP contribution in [0, 0.1) is 3.57 Å². The summed E-state index contributed by atoms with van der Waals surface area (Å²) in [5.41, 5.74) is 4.08. The van der Waals surface area contributed by atoms with Crippen LogP contribution in [0.4, 0.5) is 14.5 Å². The molecule has 4 nitrogen and oxygen atoms in total. The van der Waals surface area contributed by atoms with Crippen molar-refractivity contribution in [3.63, 3.8) is 0 Å². The van der Waals surface area contributed by atoms with E-state index in [0.29, 0.717) is 0 Å². The fourth-order valence-electron chi connectivity index (χ4n) is 0.842. The van der Waals surface area contributed by atoms with E-state index in [2.05, 4.69) is 4.98 Å². The van der Waals surface area contributed by atoms with Crippen LogP contribution in [-0.4, -0.2) is 16.1 Å². The molecule has 0 aliphatic heterocycles. The maximum atomic E-state index is 12.3.